The van der Waals surface area contributed by atoms with Gasteiger partial charge in [-0.05, 0) is 58.3 Å². The quantitative estimate of drug-likeness (QED) is 0.290. The zero-order valence-corrected chi connectivity index (χ0v) is 21.0. The number of piperazine rings is 1. The molecule has 0 radical (unpaired) electrons. The van der Waals surface area contributed by atoms with Crippen molar-refractivity contribution >= 4 is 17.0 Å². The summed E-state index contributed by atoms with van der Waals surface area (Å²) in [6.45, 7) is 21.6. The van der Waals surface area contributed by atoms with Crippen LogP contribution in [-0.4, -0.2) is 79.0 Å². The van der Waals surface area contributed by atoms with Crippen molar-refractivity contribution in [3.05, 3.63) is 0 Å². The Morgan fingerprint density at radius 1 is 0.667 bits per heavy atom. The maximum atomic E-state index is 5.97. The Morgan fingerprint density at radius 2 is 1.15 bits per heavy atom. The SMILES string of the molecule is CCO[Si](CCCCN1CCN([Si](CC)(CC)CC)CC1)(OCC)OCC. The van der Waals surface area contributed by atoms with Crippen molar-refractivity contribution in [1.82, 2.24) is 9.47 Å². The molecule has 162 valence electrons. The van der Waals surface area contributed by atoms with Gasteiger partial charge in [0.05, 0.1) is 0 Å². The van der Waals surface area contributed by atoms with E-state index in [0.29, 0.717) is 19.8 Å². The molecule has 5 nitrogen and oxygen atoms in total. The second-order valence-electron chi connectivity index (χ2n) is 7.55. The van der Waals surface area contributed by atoms with E-state index < -0.39 is 17.0 Å². The molecule has 1 rings (SSSR count). The van der Waals surface area contributed by atoms with Crippen LogP contribution in [0.2, 0.25) is 24.2 Å². The summed E-state index contributed by atoms with van der Waals surface area (Å²) in [5.74, 6) is 0. The van der Waals surface area contributed by atoms with Gasteiger partial charge in [-0.25, -0.2) is 0 Å². The number of hydrogen-bond acceptors (Lipinski definition) is 5. The highest BCUT2D eigenvalue weighted by molar-refractivity contribution is 6.77. The zero-order valence-electron chi connectivity index (χ0n) is 19.0. The van der Waals surface area contributed by atoms with Crippen LogP contribution in [0.1, 0.15) is 54.4 Å². The molecule has 1 aliphatic rings. The third-order valence-electron chi connectivity index (χ3n) is 6.32. The van der Waals surface area contributed by atoms with Crippen LogP contribution < -0.4 is 0 Å². The Labute approximate surface area is 171 Å². The molecule has 1 saturated heterocycles. The smallest absolute Gasteiger partial charge is 0.374 e. The minimum Gasteiger partial charge on any atom is -0.374 e. The van der Waals surface area contributed by atoms with Crippen molar-refractivity contribution in [2.75, 3.05) is 52.5 Å². The Kier molecular flexibility index (Phi) is 12.6. The van der Waals surface area contributed by atoms with E-state index in [1.165, 1.54) is 57.3 Å². The minimum absolute atomic E-state index is 0.673. The summed E-state index contributed by atoms with van der Waals surface area (Å²) in [6, 6.07) is 5.15. The van der Waals surface area contributed by atoms with Gasteiger partial charge >= 0.3 is 8.80 Å². The third-order valence-corrected chi connectivity index (χ3v) is 15.2. The van der Waals surface area contributed by atoms with Gasteiger partial charge in [0.15, 0.2) is 0 Å². The highest BCUT2D eigenvalue weighted by atomic mass is 28.4. The molecule has 0 atom stereocenters. The summed E-state index contributed by atoms with van der Waals surface area (Å²) >= 11 is 0. The average Bonchev–Trinajstić information content (AvgIpc) is 2.69. The van der Waals surface area contributed by atoms with Gasteiger partial charge in [-0.15, -0.1) is 0 Å². The standard InChI is InChI=1S/C20H46N2O3Si2/c1-7-23-27(24-8-2,25-9-3)20-14-13-15-21-16-18-22(19-17-21)26(10-4,11-5)12-6/h7-20H2,1-6H3. The normalized spacial score (nSPS) is 17.6. The first-order valence-corrected chi connectivity index (χ1v) is 15.9. The predicted octanol–water partition coefficient (Wildman–Crippen LogP) is 4.44. The molecular weight excluding hydrogens is 372 g/mol. The molecule has 0 bridgehead atoms. The second-order valence-corrected chi connectivity index (χ2v) is 15.5. The van der Waals surface area contributed by atoms with Crippen molar-refractivity contribution in [2.24, 2.45) is 0 Å². The van der Waals surface area contributed by atoms with Gasteiger partial charge in [-0.3, -0.25) is 0 Å². The van der Waals surface area contributed by atoms with Crippen molar-refractivity contribution in [3.63, 3.8) is 0 Å². The van der Waals surface area contributed by atoms with E-state index in [0.717, 1.165) is 12.5 Å². The van der Waals surface area contributed by atoms with Crippen molar-refractivity contribution in [1.29, 1.82) is 0 Å². The lowest BCUT2D eigenvalue weighted by atomic mass is 10.3. The highest BCUT2D eigenvalue weighted by Gasteiger charge is 2.40. The van der Waals surface area contributed by atoms with Crippen LogP contribution in [0, 0.1) is 0 Å². The van der Waals surface area contributed by atoms with Crippen molar-refractivity contribution < 1.29 is 13.3 Å². The van der Waals surface area contributed by atoms with E-state index in [9.17, 15) is 0 Å². The third kappa shape index (κ3) is 7.53. The topological polar surface area (TPSA) is 34.2 Å². The Hall–Kier alpha value is 0.234. The van der Waals surface area contributed by atoms with Gasteiger partial charge in [0.1, 0.15) is 8.24 Å². The summed E-state index contributed by atoms with van der Waals surface area (Å²) in [5.41, 5.74) is 0. The molecule has 0 amide bonds. The molecule has 0 unspecified atom stereocenters. The Morgan fingerprint density at radius 3 is 1.56 bits per heavy atom. The first kappa shape index (κ1) is 25.3. The van der Waals surface area contributed by atoms with E-state index in [-0.39, 0.29) is 0 Å². The number of rotatable bonds is 15. The van der Waals surface area contributed by atoms with Crippen LogP contribution in [0.25, 0.3) is 0 Å². The first-order valence-electron chi connectivity index (χ1n) is 11.4. The molecule has 27 heavy (non-hydrogen) atoms. The lowest BCUT2D eigenvalue weighted by Gasteiger charge is -2.46. The molecule has 0 aromatic rings. The van der Waals surface area contributed by atoms with Crippen LogP contribution in [0.3, 0.4) is 0 Å². The summed E-state index contributed by atoms with van der Waals surface area (Å²) in [6.07, 6.45) is 2.34. The fraction of sp³-hybridized carbons (Fsp3) is 1.00. The maximum Gasteiger partial charge on any atom is 0.500 e. The first-order chi connectivity index (χ1) is 13.0. The van der Waals surface area contributed by atoms with E-state index in [2.05, 4.69) is 30.2 Å². The van der Waals surface area contributed by atoms with Gasteiger partial charge < -0.3 is 22.7 Å². The molecule has 0 aromatic heterocycles. The molecule has 0 N–H and O–H groups in total. The van der Waals surface area contributed by atoms with Crippen LogP contribution in [0.15, 0.2) is 0 Å². The van der Waals surface area contributed by atoms with Crippen LogP contribution in [-0.2, 0) is 13.3 Å². The fourth-order valence-electron chi connectivity index (χ4n) is 4.54. The summed E-state index contributed by atoms with van der Waals surface area (Å²) in [4.78, 5) is 2.65. The van der Waals surface area contributed by atoms with Crippen molar-refractivity contribution in [2.45, 2.75) is 78.6 Å². The molecule has 0 saturated carbocycles. The van der Waals surface area contributed by atoms with Gasteiger partial charge in [0.2, 0.25) is 0 Å². The lowest BCUT2D eigenvalue weighted by molar-refractivity contribution is 0.0703. The Bertz CT molecular complexity index is 351. The van der Waals surface area contributed by atoms with E-state index >= 15 is 0 Å². The summed E-state index contributed by atoms with van der Waals surface area (Å²) in [7, 11) is -3.63. The molecule has 1 heterocycles. The average molecular weight is 419 g/mol. The lowest BCUT2D eigenvalue weighted by Crippen LogP contribution is -2.59. The highest BCUT2D eigenvalue weighted by Crippen LogP contribution is 2.26. The van der Waals surface area contributed by atoms with Crippen molar-refractivity contribution in [3.8, 4) is 0 Å². The van der Waals surface area contributed by atoms with Gasteiger partial charge in [-0.2, -0.15) is 0 Å². The molecule has 1 fully saturated rings. The van der Waals surface area contributed by atoms with Gasteiger partial charge in [0.25, 0.3) is 0 Å². The van der Waals surface area contributed by atoms with E-state index in [1.807, 2.05) is 20.8 Å². The molecular formula is C20H46N2O3Si2. The summed E-state index contributed by atoms with van der Waals surface area (Å²) < 4.78 is 20.8. The monoisotopic (exact) mass is 418 g/mol. The van der Waals surface area contributed by atoms with Crippen LogP contribution in [0.5, 0.6) is 0 Å². The van der Waals surface area contributed by atoms with Crippen LogP contribution >= 0.6 is 0 Å². The molecule has 1 aliphatic heterocycles. The fourth-order valence-corrected chi connectivity index (χ4v) is 11.2. The molecule has 7 heteroatoms. The zero-order chi connectivity index (χ0) is 20.2. The largest absolute Gasteiger partial charge is 0.500 e. The Balaban J connectivity index is 2.39. The minimum atomic E-state index is -2.45. The molecule has 0 aromatic carbocycles. The maximum absolute atomic E-state index is 5.97. The van der Waals surface area contributed by atoms with Gasteiger partial charge in [-0.1, -0.05) is 20.8 Å². The number of nitrogens with zero attached hydrogens (tertiary/aromatic N) is 2. The predicted molar refractivity (Wildman–Crippen MR) is 120 cm³/mol. The van der Waals surface area contributed by atoms with E-state index in [4.69, 9.17) is 13.3 Å². The van der Waals surface area contributed by atoms with Crippen LogP contribution in [0.4, 0.5) is 0 Å². The molecule has 0 aliphatic carbocycles. The summed E-state index contributed by atoms with van der Waals surface area (Å²) in [5, 5.41) is 0. The number of unbranched alkanes of at least 4 members (excludes halogenated alkanes) is 1. The van der Waals surface area contributed by atoms with E-state index in [1.54, 1.807) is 0 Å². The van der Waals surface area contributed by atoms with Gasteiger partial charge in [0, 0.05) is 52.0 Å². The number of hydrogen-bond donors (Lipinski definition) is 0. The molecule has 0 spiro atoms. The second kappa shape index (κ2) is 13.5.